The summed E-state index contributed by atoms with van der Waals surface area (Å²) in [4.78, 5) is 0.171. The molecule has 0 aliphatic carbocycles. The first kappa shape index (κ1) is 15.8. The molecule has 0 saturated carbocycles. The molecule has 2 heterocycles. The monoisotopic (exact) mass is 342 g/mol. The number of benzene rings is 1. The average Bonchev–Trinajstić information content (AvgIpc) is 3.14. The number of ether oxygens (including phenoxy) is 1. The zero-order valence-corrected chi connectivity index (χ0v) is 13.8. The van der Waals surface area contributed by atoms with E-state index < -0.39 is 10.0 Å². The van der Waals surface area contributed by atoms with E-state index in [4.69, 9.17) is 4.74 Å². The second-order valence-electron chi connectivity index (χ2n) is 5.46. The van der Waals surface area contributed by atoms with Gasteiger partial charge in [-0.05, 0) is 31.5 Å². The SMILES string of the molecule is COCC1(CNS(=O)(=O)c2cccc3nsnc23)CCCN1. The summed E-state index contributed by atoms with van der Waals surface area (Å²) in [5.41, 5.74) is 0.675. The van der Waals surface area contributed by atoms with Gasteiger partial charge in [0.25, 0.3) is 0 Å². The minimum absolute atomic E-state index is 0.171. The third-order valence-corrected chi connectivity index (χ3v) is 5.87. The van der Waals surface area contributed by atoms with Crippen LogP contribution in [0.4, 0.5) is 0 Å². The number of hydrogen-bond acceptors (Lipinski definition) is 7. The fourth-order valence-electron chi connectivity index (χ4n) is 2.78. The van der Waals surface area contributed by atoms with E-state index in [1.807, 2.05) is 0 Å². The zero-order valence-electron chi connectivity index (χ0n) is 12.2. The zero-order chi connectivity index (χ0) is 15.6. The Bertz CT molecular complexity index is 753. The molecule has 2 aromatic rings. The molecule has 3 rings (SSSR count). The van der Waals surface area contributed by atoms with Gasteiger partial charge in [-0.25, -0.2) is 13.1 Å². The molecule has 120 valence electrons. The lowest BCUT2D eigenvalue weighted by Gasteiger charge is -2.28. The minimum Gasteiger partial charge on any atom is -0.383 e. The molecular weight excluding hydrogens is 324 g/mol. The van der Waals surface area contributed by atoms with Gasteiger partial charge in [0.2, 0.25) is 10.0 Å². The Balaban J connectivity index is 1.83. The van der Waals surface area contributed by atoms with E-state index in [-0.39, 0.29) is 17.0 Å². The van der Waals surface area contributed by atoms with Crippen LogP contribution in [0, 0.1) is 0 Å². The summed E-state index contributed by atoms with van der Waals surface area (Å²) in [5.74, 6) is 0. The van der Waals surface area contributed by atoms with Crippen molar-refractivity contribution in [3.8, 4) is 0 Å². The smallest absolute Gasteiger partial charge is 0.242 e. The molecule has 0 spiro atoms. The van der Waals surface area contributed by atoms with Crippen LogP contribution in [0.1, 0.15) is 12.8 Å². The topological polar surface area (TPSA) is 93.2 Å². The van der Waals surface area contributed by atoms with E-state index in [0.717, 1.165) is 31.1 Å². The predicted molar refractivity (Wildman–Crippen MR) is 84.4 cm³/mol. The van der Waals surface area contributed by atoms with Crippen molar-refractivity contribution in [1.82, 2.24) is 18.8 Å². The van der Waals surface area contributed by atoms with Gasteiger partial charge in [-0.15, -0.1) is 0 Å². The van der Waals surface area contributed by atoms with E-state index in [2.05, 4.69) is 18.8 Å². The quantitative estimate of drug-likeness (QED) is 0.804. The Morgan fingerprint density at radius 1 is 1.45 bits per heavy atom. The van der Waals surface area contributed by atoms with Gasteiger partial charge in [0.15, 0.2) is 0 Å². The van der Waals surface area contributed by atoms with E-state index in [1.165, 1.54) is 0 Å². The Labute approximate surface area is 133 Å². The summed E-state index contributed by atoms with van der Waals surface area (Å²) in [6, 6.07) is 4.98. The standard InChI is InChI=1S/C13H18N4O3S2/c1-20-9-13(6-3-7-14-13)8-15-22(18,19)11-5-2-4-10-12(11)17-21-16-10/h2,4-5,14-15H,3,6-9H2,1H3. The highest BCUT2D eigenvalue weighted by molar-refractivity contribution is 7.89. The van der Waals surface area contributed by atoms with Crippen LogP contribution in [0.25, 0.3) is 11.0 Å². The summed E-state index contributed by atoms with van der Waals surface area (Å²) in [5, 5.41) is 3.35. The van der Waals surface area contributed by atoms with Crippen LogP contribution in [0.5, 0.6) is 0 Å². The number of hydrogen-bond donors (Lipinski definition) is 2. The summed E-state index contributed by atoms with van der Waals surface area (Å²) >= 11 is 1.01. The molecule has 1 aromatic carbocycles. The highest BCUT2D eigenvalue weighted by Crippen LogP contribution is 2.23. The summed E-state index contributed by atoms with van der Waals surface area (Å²) in [6.45, 7) is 1.63. The Morgan fingerprint density at radius 2 is 2.32 bits per heavy atom. The van der Waals surface area contributed by atoms with Crippen LogP contribution in [0.2, 0.25) is 0 Å². The molecule has 2 N–H and O–H groups in total. The lowest BCUT2D eigenvalue weighted by Crippen LogP contribution is -2.52. The number of sulfonamides is 1. The maximum atomic E-state index is 12.6. The van der Waals surface area contributed by atoms with Crippen molar-refractivity contribution >= 4 is 32.8 Å². The summed E-state index contributed by atoms with van der Waals surface area (Å²) in [6.07, 6.45) is 1.89. The molecule has 1 aliphatic rings. The largest absolute Gasteiger partial charge is 0.383 e. The van der Waals surface area contributed by atoms with E-state index in [1.54, 1.807) is 25.3 Å². The van der Waals surface area contributed by atoms with Gasteiger partial charge in [0.05, 0.1) is 23.9 Å². The Morgan fingerprint density at radius 3 is 3.05 bits per heavy atom. The highest BCUT2D eigenvalue weighted by Gasteiger charge is 2.35. The van der Waals surface area contributed by atoms with Gasteiger partial charge in [0, 0.05) is 13.7 Å². The van der Waals surface area contributed by atoms with Crippen LogP contribution in [-0.2, 0) is 14.8 Å². The molecule has 1 atom stereocenters. The summed E-state index contributed by atoms with van der Waals surface area (Å²) in [7, 11) is -2.02. The fraction of sp³-hybridized carbons (Fsp3) is 0.538. The normalized spacial score (nSPS) is 22.4. The van der Waals surface area contributed by atoms with Gasteiger partial charge < -0.3 is 10.1 Å². The van der Waals surface area contributed by atoms with Crippen LogP contribution < -0.4 is 10.0 Å². The maximum Gasteiger partial charge on any atom is 0.242 e. The third-order valence-electron chi connectivity index (χ3n) is 3.89. The third kappa shape index (κ3) is 2.99. The second-order valence-corrected chi connectivity index (χ2v) is 7.72. The molecule has 0 bridgehead atoms. The molecule has 0 radical (unpaired) electrons. The van der Waals surface area contributed by atoms with Gasteiger partial charge in [-0.3, -0.25) is 0 Å². The Hall–Kier alpha value is -1.13. The van der Waals surface area contributed by atoms with Crippen LogP contribution >= 0.6 is 11.7 Å². The van der Waals surface area contributed by atoms with Crippen molar-refractivity contribution in [2.75, 3.05) is 26.8 Å². The maximum absolute atomic E-state index is 12.6. The molecule has 1 saturated heterocycles. The first-order chi connectivity index (χ1) is 10.6. The predicted octanol–water partition coefficient (Wildman–Crippen LogP) is 0.738. The molecular formula is C13H18N4O3S2. The fourth-order valence-corrected chi connectivity index (χ4v) is 4.67. The molecule has 0 amide bonds. The van der Waals surface area contributed by atoms with E-state index >= 15 is 0 Å². The van der Waals surface area contributed by atoms with Gasteiger partial charge in [0.1, 0.15) is 15.9 Å². The van der Waals surface area contributed by atoms with Gasteiger partial charge in [-0.2, -0.15) is 8.75 Å². The number of aromatic nitrogens is 2. The lowest BCUT2D eigenvalue weighted by molar-refractivity contribution is 0.122. The number of rotatable bonds is 6. The van der Waals surface area contributed by atoms with Crippen molar-refractivity contribution < 1.29 is 13.2 Å². The van der Waals surface area contributed by atoms with Crippen LogP contribution in [0.3, 0.4) is 0 Å². The van der Waals surface area contributed by atoms with Crippen molar-refractivity contribution in [2.45, 2.75) is 23.3 Å². The minimum atomic E-state index is -3.64. The molecule has 7 nitrogen and oxygen atoms in total. The molecule has 1 aliphatic heterocycles. The average molecular weight is 342 g/mol. The highest BCUT2D eigenvalue weighted by atomic mass is 32.2. The lowest BCUT2D eigenvalue weighted by atomic mass is 9.99. The Kier molecular flexibility index (Phi) is 4.42. The molecule has 9 heteroatoms. The van der Waals surface area contributed by atoms with Gasteiger partial charge >= 0.3 is 0 Å². The summed E-state index contributed by atoms with van der Waals surface area (Å²) < 4.78 is 41.3. The van der Waals surface area contributed by atoms with Crippen molar-refractivity contribution in [1.29, 1.82) is 0 Å². The molecule has 1 fully saturated rings. The number of nitrogens with zero attached hydrogens (tertiary/aromatic N) is 2. The molecule has 1 unspecified atom stereocenters. The van der Waals surface area contributed by atoms with Crippen molar-refractivity contribution in [3.05, 3.63) is 18.2 Å². The molecule has 1 aromatic heterocycles. The second kappa shape index (κ2) is 6.17. The van der Waals surface area contributed by atoms with E-state index in [9.17, 15) is 8.42 Å². The van der Waals surface area contributed by atoms with Crippen molar-refractivity contribution in [3.63, 3.8) is 0 Å². The molecule has 22 heavy (non-hydrogen) atoms. The van der Waals surface area contributed by atoms with Crippen molar-refractivity contribution in [2.24, 2.45) is 0 Å². The van der Waals surface area contributed by atoms with E-state index in [0.29, 0.717) is 17.6 Å². The van der Waals surface area contributed by atoms with Gasteiger partial charge in [-0.1, -0.05) is 6.07 Å². The van der Waals surface area contributed by atoms with Crippen LogP contribution in [0.15, 0.2) is 23.1 Å². The first-order valence-corrected chi connectivity index (χ1v) is 9.23. The first-order valence-electron chi connectivity index (χ1n) is 7.01. The number of methoxy groups -OCH3 is 1. The van der Waals surface area contributed by atoms with Crippen LogP contribution in [-0.4, -0.2) is 49.5 Å². The number of fused-ring (bicyclic) bond motifs is 1. The number of nitrogens with one attached hydrogen (secondary N) is 2.